The number of halogens is 1. The van der Waals surface area contributed by atoms with Gasteiger partial charge in [0.15, 0.2) is 5.65 Å². The van der Waals surface area contributed by atoms with E-state index in [9.17, 15) is 4.79 Å². The van der Waals surface area contributed by atoms with Crippen molar-refractivity contribution in [2.75, 3.05) is 44.3 Å². The fourth-order valence-corrected chi connectivity index (χ4v) is 3.37. The summed E-state index contributed by atoms with van der Waals surface area (Å²) in [6.45, 7) is 5.05. The van der Waals surface area contributed by atoms with Gasteiger partial charge in [0.05, 0.1) is 25.2 Å². The number of pyridine rings is 1. The lowest BCUT2D eigenvalue weighted by Crippen LogP contribution is -2.49. The predicted molar refractivity (Wildman–Crippen MR) is 90.5 cm³/mol. The number of anilines is 1. The van der Waals surface area contributed by atoms with E-state index < -0.39 is 0 Å². The van der Waals surface area contributed by atoms with Gasteiger partial charge in [-0.1, -0.05) is 11.6 Å². The highest BCUT2D eigenvalue weighted by Gasteiger charge is 2.21. The molecule has 4 heterocycles. The van der Waals surface area contributed by atoms with E-state index in [1.165, 1.54) is 0 Å². The smallest absolute Gasteiger partial charge is 0.314 e. The van der Waals surface area contributed by atoms with Crippen molar-refractivity contribution in [3.05, 3.63) is 17.5 Å². The second kappa shape index (κ2) is 6.45. The van der Waals surface area contributed by atoms with Crippen molar-refractivity contribution >= 4 is 34.5 Å². The first-order valence-electron chi connectivity index (χ1n) is 8.06. The van der Waals surface area contributed by atoms with Crippen LogP contribution >= 0.6 is 11.6 Å². The molecule has 0 aliphatic carbocycles. The molecular weight excluding hydrogens is 332 g/mol. The number of morpholine rings is 1. The maximum Gasteiger partial charge on any atom is 0.314 e. The topological polar surface area (TPSA) is 84.3 Å². The average Bonchev–Trinajstić information content (AvgIpc) is 3.00. The van der Waals surface area contributed by atoms with E-state index in [2.05, 4.69) is 25.5 Å². The van der Waals surface area contributed by atoms with Crippen LogP contribution in [0, 0.1) is 5.92 Å². The highest BCUT2D eigenvalue weighted by Crippen LogP contribution is 2.28. The van der Waals surface area contributed by atoms with Crippen molar-refractivity contribution < 1.29 is 9.53 Å². The number of imidazole rings is 1. The second-order valence-electron chi connectivity index (χ2n) is 6.09. The normalized spacial score (nSPS) is 19.4. The summed E-state index contributed by atoms with van der Waals surface area (Å²) in [6, 6.07) is 1.76. The molecule has 9 heteroatoms. The number of aromatic nitrogens is 3. The number of amides is 2. The number of carbonyl (C=O) groups is 1. The van der Waals surface area contributed by atoms with Crippen LogP contribution in [0.2, 0.25) is 5.15 Å². The Balaban J connectivity index is 1.63. The highest BCUT2D eigenvalue weighted by molar-refractivity contribution is 6.30. The minimum absolute atomic E-state index is 0.113. The second-order valence-corrected chi connectivity index (χ2v) is 6.48. The molecule has 2 saturated heterocycles. The van der Waals surface area contributed by atoms with Gasteiger partial charge in [-0.25, -0.2) is 14.8 Å². The van der Waals surface area contributed by atoms with E-state index in [1.807, 2.05) is 10.6 Å². The Bertz CT molecular complexity index is 748. The largest absolute Gasteiger partial charge is 0.378 e. The molecule has 0 bridgehead atoms. The van der Waals surface area contributed by atoms with Crippen molar-refractivity contribution in [3.63, 3.8) is 0 Å². The summed E-state index contributed by atoms with van der Waals surface area (Å²) in [5.74, 6) is 0.285. The van der Waals surface area contributed by atoms with E-state index >= 15 is 0 Å². The summed E-state index contributed by atoms with van der Waals surface area (Å²) in [5.41, 5.74) is 2.64. The number of rotatable bonds is 3. The molecule has 0 atom stereocenters. The molecule has 8 nitrogen and oxygen atoms in total. The molecule has 2 N–H and O–H groups in total. The quantitative estimate of drug-likeness (QED) is 0.802. The van der Waals surface area contributed by atoms with Gasteiger partial charge < -0.3 is 24.8 Å². The Morgan fingerprint density at radius 1 is 1.29 bits per heavy atom. The maximum absolute atomic E-state index is 11.2. The van der Waals surface area contributed by atoms with Gasteiger partial charge in [0.25, 0.3) is 0 Å². The van der Waals surface area contributed by atoms with Gasteiger partial charge in [-0.3, -0.25) is 0 Å². The molecule has 0 spiro atoms. The minimum atomic E-state index is -0.113. The lowest BCUT2D eigenvalue weighted by Gasteiger charge is -2.29. The van der Waals surface area contributed by atoms with Crippen molar-refractivity contribution in [3.8, 4) is 0 Å². The van der Waals surface area contributed by atoms with E-state index in [4.69, 9.17) is 16.3 Å². The van der Waals surface area contributed by atoms with Crippen LogP contribution in [0.4, 0.5) is 10.5 Å². The van der Waals surface area contributed by atoms with E-state index in [1.54, 1.807) is 6.33 Å². The third-order valence-corrected chi connectivity index (χ3v) is 4.62. The Morgan fingerprint density at radius 3 is 2.79 bits per heavy atom. The first-order chi connectivity index (χ1) is 11.7. The fraction of sp³-hybridized carbons (Fsp3) is 0.533. The molecular formula is C15H19ClN6O2. The number of fused-ring (bicyclic) bond motifs is 1. The Kier molecular flexibility index (Phi) is 4.15. The number of ether oxygens (including phenoxy) is 1. The summed E-state index contributed by atoms with van der Waals surface area (Å²) in [7, 11) is 0. The van der Waals surface area contributed by atoms with Crippen LogP contribution in [-0.2, 0) is 11.3 Å². The van der Waals surface area contributed by atoms with E-state index in [0.29, 0.717) is 31.5 Å². The summed E-state index contributed by atoms with van der Waals surface area (Å²) in [4.78, 5) is 22.5. The SMILES string of the molecule is O=C1NCC(Cn2cnc3c(N4CCOCC4)cc(Cl)nc32)CN1. The van der Waals surface area contributed by atoms with Gasteiger partial charge in [-0.05, 0) is 0 Å². The zero-order valence-corrected chi connectivity index (χ0v) is 13.9. The summed E-state index contributed by atoms with van der Waals surface area (Å²) >= 11 is 6.25. The summed E-state index contributed by atoms with van der Waals surface area (Å²) in [5, 5.41) is 6.09. The van der Waals surface area contributed by atoms with Gasteiger partial charge >= 0.3 is 6.03 Å². The van der Waals surface area contributed by atoms with Crippen LogP contribution in [0.3, 0.4) is 0 Å². The summed E-state index contributed by atoms with van der Waals surface area (Å²) in [6.07, 6.45) is 1.80. The monoisotopic (exact) mass is 350 g/mol. The average molecular weight is 351 g/mol. The van der Waals surface area contributed by atoms with Crippen LogP contribution in [-0.4, -0.2) is 60.0 Å². The van der Waals surface area contributed by atoms with E-state index in [-0.39, 0.29) is 11.9 Å². The Morgan fingerprint density at radius 2 is 2.04 bits per heavy atom. The summed E-state index contributed by atoms with van der Waals surface area (Å²) < 4.78 is 7.43. The molecule has 2 fully saturated rings. The Labute approximate surface area is 144 Å². The molecule has 0 aromatic carbocycles. The molecule has 2 aromatic heterocycles. The van der Waals surface area contributed by atoms with Gasteiger partial charge in [0.1, 0.15) is 10.7 Å². The third kappa shape index (κ3) is 2.99. The number of carbonyl (C=O) groups excluding carboxylic acids is 1. The zero-order chi connectivity index (χ0) is 16.5. The molecule has 2 amide bonds. The molecule has 2 aliphatic heterocycles. The zero-order valence-electron chi connectivity index (χ0n) is 13.2. The molecule has 128 valence electrons. The van der Waals surface area contributed by atoms with Gasteiger partial charge in [-0.2, -0.15) is 0 Å². The maximum atomic E-state index is 11.2. The van der Waals surface area contributed by atoms with Crippen molar-refractivity contribution in [1.29, 1.82) is 0 Å². The van der Waals surface area contributed by atoms with Crippen LogP contribution in [0.15, 0.2) is 12.4 Å². The van der Waals surface area contributed by atoms with Crippen LogP contribution in [0.1, 0.15) is 0 Å². The number of urea groups is 1. The number of nitrogens with one attached hydrogen (secondary N) is 2. The predicted octanol–water partition coefficient (Wildman–Crippen LogP) is 0.850. The molecule has 0 saturated carbocycles. The fourth-order valence-electron chi connectivity index (χ4n) is 3.18. The molecule has 2 aromatic rings. The van der Waals surface area contributed by atoms with Crippen molar-refractivity contribution in [2.45, 2.75) is 6.54 Å². The lowest BCUT2D eigenvalue weighted by atomic mass is 10.1. The first-order valence-corrected chi connectivity index (χ1v) is 8.44. The van der Waals surface area contributed by atoms with Crippen molar-refractivity contribution in [2.24, 2.45) is 5.92 Å². The first kappa shape index (κ1) is 15.5. The number of nitrogens with zero attached hydrogens (tertiary/aromatic N) is 4. The molecule has 2 aliphatic rings. The van der Waals surface area contributed by atoms with Crippen LogP contribution < -0.4 is 15.5 Å². The van der Waals surface area contributed by atoms with Gasteiger partial charge in [-0.15, -0.1) is 0 Å². The molecule has 0 radical (unpaired) electrons. The molecule has 24 heavy (non-hydrogen) atoms. The number of hydrogen-bond acceptors (Lipinski definition) is 5. The van der Waals surface area contributed by atoms with Crippen LogP contribution in [0.25, 0.3) is 11.2 Å². The molecule has 0 unspecified atom stereocenters. The van der Waals surface area contributed by atoms with Crippen molar-refractivity contribution in [1.82, 2.24) is 25.2 Å². The number of hydrogen-bond donors (Lipinski definition) is 2. The third-order valence-electron chi connectivity index (χ3n) is 4.43. The lowest BCUT2D eigenvalue weighted by molar-refractivity contribution is 0.123. The van der Waals surface area contributed by atoms with Crippen LogP contribution in [0.5, 0.6) is 0 Å². The van der Waals surface area contributed by atoms with E-state index in [0.717, 1.165) is 36.5 Å². The molecule has 4 rings (SSSR count). The standard InChI is InChI=1S/C15H19ClN6O2/c16-12-5-11(21-1-3-24-4-2-21)13-14(20-12)22(9-19-13)8-10-6-17-15(23)18-7-10/h5,9-10H,1-4,6-8H2,(H2,17,18,23). The Hall–Kier alpha value is -2.06. The highest BCUT2D eigenvalue weighted by atomic mass is 35.5. The van der Waals surface area contributed by atoms with Gasteiger partial charge in [0, 0.05) is 44.7 Å². The van der Waals surface area contributed by atoms with Gasteiger partial charge in [0.2, 0.25) is 0 Å². The minimum Gasteiger partial charge on any atom is -0.378 e.